The first-order valence-corrected chi connectivity index (χ1v) is 6.45. The molecule has 0 radical (unpaired) electrons. The SMILES string of the molecule is CC(CCCO)NC(=O)COC1CCNCC1. The second kappa shape index (κ2) is 8.44. The molecule has 5 heteroatoms. The van der Waals surface area contributed by atoms with E-state index in [-0.39, 0.29) is 31.3 Å². The van der Waals surface area contributed by atoms with Crippen molar-refractivity contribution in [2.75, 3.05) is 26.3 Å². The maximum atomic E-state index is 11.5. The van der Waals surface area contributed by atoms with Crippen molar-refractivity contribution in [3.8, 4) is 0 Å². The van der Waals surface area contributed by atoms with Crippen molar-refractivity contribution in [2.24, 2.45) is 0 Å². The van der Waals surface area contributed by atoms with Gasteiger partial charge in [-0.3, -0.25) is 4.79 Å². The van der Waals surface area contributed by atoms with Gasteiger partial charge in [-0.25, -0.2) is 0 Å². The molecule has 1 heterocycles. The summed E-state index contributed by atoms with van der Waals surface area (Å²) in [7, 11) is 0. The van der Waals surface area contributed by atoms with Gasteiger partial charge in [-0.2, -0.15) is 0 Å². The fourth-order valence-corrected chi connectivity index (χ4v) is 1.94. The van der Waals surface area contributed by atoms with E-state index in [4.69, 9.17) is 9.84 Å². The fraction of sp³-hybridized carbons (Fsp3) is 0.917. The summed E-state index contributed by atoms with van der Waals surface area (Å²) < 4.78 is 5.55. The maximum absolute atomic E-state index is 11.5. The van der Waals surface area contributed by atoms with Gasteiger partial charge < -0.3 is 20.5 Å². The van der Waals surface area contributed by atoms with Crippen LogP contribution in [0.15, 0.2) is 0 Å². The molecule has 0 aromatic rings. The number of carbonyl (C=O) groups excluding carboxylic acids is 1. The number of aliphatic hydroxyl groups excluding tert-OH is 1. The summed E-state index contributed by atoms with van der Waals surface area (Å²) >= 11 is 0. The average Bonchev–Trinajstić information content (AvgIpc) is 2.35. The van der Waals surface area contributed by atoms with E-state index < -0.39 is 0 Å². The molecule has 1 fully saturated rings. The first-order valence-electron chi connectivity index (χ1n) is 6.45. The third-order valence-corrected chi connectivity index (χ3v) is 2.94. The minimum atomic E-state index is -0.0611. The van der Waals surface area contributed by atoms with E-state index in [0.717, 1.165) is 38.8 Å². The molecule has 1 unspecified atom stereocenters. The molecule has 17 heavy (non-hydrogen) atoms. The third kappa shape index (κ3) is 6.61. The summed E-state index contributed by atoms with van der Waals surface area (Å²) in [6, 6.07) is 0.103. The number of carbonyl (C=O) groups is 1. The highest BCUT2D eigenvalue weighted by molar-refractivity contribution is 5.77. The van der Waals surface area contributed by atoms with Gasteiger partial charge in [-0.1, -0.05) is 0 Å². The Morgan fingerprint density at radius 3 is 2.88 bits per heavy atom. The minimum absolute atomic E-state index is 0.0611. The summed E-state index contributed by atoms with van der Waals surface area (Å²) in [4.78, 5) is 11.5. The highest BCUT2D eigenvalue weighted by Crippen LogP contribution is 2.06. The van der Waals surface area contributed by atoms with E-state index in [0.29, 0.717) is 0 Å². The molecule has 100 valence electrons. The van der Waals surface area contributed by atoms with Gasteiger partial charge in [-0.15, -0.1) is 0 Å². The smallest absolute Gasteiger partial charge is 0.246 e. The molecule has 1 aliphatic rings. The molecule has 0 bridgehead atoms. The number of rotatable bonds is 7. The van der Waals surface area contributed by atoms with Crippen molar-refractivity contribution in [1.29, 1.82) is 0 Å². The van der Waals surface area contributed by atoms with Crippen LogP contribution in [0.5, 0.6) is 0 Å². The number of piperidine rings is 1. The van der Waals surface area contributed by atoms with Gasteiger partial charge >= 0.3 is 0 Å². The number of aliphatic hydroxyl groups is 1. The Morgan fingerprint density at radius 1 is 1.53 bits per heavy atom. The molecule has 0 spiro atoms. The first-order chi connectivity index (χ1) is 8.22. The van der Waals surface area contributed by atoms with Crippen LogP contribution < -0.4 is 10.6 Å². The summed E-state index contributed by atoms with van der Waals surface area (Å²) in [6.07, 6.45) is 3.70. The van der Waals surface area contributed by atoms with E-state index in [9.17, 15) is 4.79 Å². The predicted molar refractivity (Wildman–Crippen MR) is 65.8 cm³/mol. The van der Waals surface area contributed by atoms with E-state index >= 15 is 0 Å². The van der Waals surface area contributed by atoms with E-state index in [1.54, 1.807) is 0 Å². The highest BCUT2D eigenvalue weighted by Gasteiger charge is 2.15. The maximum Gasteiger partial charge on any atom is 0.246 e. The van der Waals surface area contributed by atoms with Gasteiger partial charge in [0.25, 0.3) is 0 Å². The lowest BCUT2D eigenvalue weighted by atomic mass is 10.1. The lowest BCUT2D eigenvalue weighted by molar-refractivity contribution is -0.128. The van der Waals surface area contributed by atoms with Crippen molar-refractivity contribution in [2.45, 2.75) is 44.8 Å². The van der Waals surface area contributed by atoms with Gasteiger partial charge in [0.1, 0.15) is 6.61 Å². The van der Waals surface area contributed by atoms with Crippen molar-refractivity contribution in [3.05, 3.63) is 0 Å². The molecule has 0 aliphatic carbocycles. The molecule has 1 amide bonds. The molecule has 0 aromatic heterocycles. The van der Waals surface area contributed by atoms with E-state index in [2.05, 4.69) is 10.6 Å². The monoisotopic (exact) mass is 244 g/mol. The first kappa shape index (κ1) is 14.4. The molecule has 1 rings (SSSR count). The Kier molecular flexibility index (Phi) is 7.16. The van der Waals surface area contributed by atoms with E-state index in [1.807, 2.05) is 6.92 Å². The Morgan fingerprint density at radius 2 is 2.24 bits per heavy atom. The van der Waals surface area contributed by atoms with Crippen LogP contribution in [0, 0.1) is 0 Å². The third-order valence-electron chi connectivity index (χ3n) is 2.94. The van der Waals surface area contributed by atoms with Crippen molar-refractivity contribution in [3.63, 3.8) is 0 Å². The van der Waals surface area contributed by atoms with Crippen LogP contribution in [-0.2, 0) is 9.53 Å². The number of hydrogen-bond acceptors (Lipinski definition) is 4. The molecule has 0 aromatic carbocycles. The summed E-state index contributed by atoms with van der Waals surface area (Å²) in [6.45, 7) is 4.20. The molecule has 5 nitrogen and oxygen atoms in total. The highest BCUT2D eigenvalue weighted by atomic mass is 16.5. The van der Waals surface area contributed by atoms with Crippen LogP contribution in [0.1, 0.15) is 32.6 Å². The zero-order chi connectivity index (χ0) is 12.5. The Balaban J connectivity index is 2.07. The number of ether oxygens (including phenoxy) is 1. The van der Waals surface area contributed by atoms with Crippen molar-refractivity contribution < 1.29 is 14.6 Å². The standard InChI is InChI=1S/C12H24N2O3/c1-10(3-2-8-15)14-12(16)9-17-11-4-6-13-7-5-11/h10-11,13,15H,2-9H2,1H3,(H,14,16). The lowest BCUT2D eigenvalue weighted by Gasteiger charge is -2.23. The number of nitrogens with one attached hydrogen (secondary N) is 2. The molecule has 1 saturated heterocycles. The zero-order valence-corrected chi connectivity index (χ0v) is 10.6. The molecule has 1 aliphatic heterocycles. The quantitative estimate of drug-likeness (QED) is 0.591. The van der Waals surface area contributed by atoms with Crippen LogP contribution in [0.2, 0.25) is 0 Å². The van der Waals surface area contributed by atoms with Gasteiger partial charge in [0, 0.05) is 12.6 Å². The van der Waals surface area contributed by atoms with Gasteiger partial charge in [0.15, 0.2) is 0 Å². The van der Waals surface area contributed by atoms with Gasteiger partial charge in [0.2, 0.25) is 5.91 Å². The largest absolute Gasteiger partial charge is 0.396 e. The average molecular weight is 244 g/mol. The normalized spacial score (nSPS) is 18.9. The van der Waals surface area contributed by atoms with Crippen LogP contribution in [0.3, 0.4) is 0 Å². The summed E-state index contributed by atoms with van der Waals surface area (Å²) in [5.41, 5.74) is 0. The lowest BCUT2D eigenvalue weighted by Crippen LogP contribution is -2.38. The molecule has 0 saturated carbocycles. The minimum Gasteiger partial charge on any atom is -0.396 e. The van der Waals surface area contributed by atoms with Crippen LogP contribution >= 0.6 is 0 Å². The number of amides is 1. The van der Waals surface area contributed by atoms with Crippen molar-refractivity contribution >= 4 is 5.91 Å². The summed E-state index contributed by atoms with van der Waals surface area (Å²) in [5, 5.41) is 14.8. The predicted octanol–water partition coefficient (Wildman–Crippen LogP) is 0.0322. The second-order valence-corrected chi connectivity index (χ2v) is 4.59. The molecule has 1 atom stereocenters. The Bertz CT molecular complexity index is 218. The van der Waals surface area contributed by atoms with E-state index in [1.165, 1.54) is 0 Å². The Labute approximate surface area is 103 Å². The van der Waals surface area contributed by atoms with Crippen LogP contribution in [0.25, 0.3) is 0 Å². The van der Waals surface area contributed by atoms with Crippen LogP contribution in [-0.4, -0.2) is 49.5 Å². The van der Waals surface area contributed by atoms with Crippen LogP contribution in [0.4, 0.5) is 0 Å². The number of hydrogen-bond donors (Lipinski definition) is 3. The Hall–Kier alpha value is -0.650. The second-order valence-electron chi connectivity index (χ2n) is 4.59. The molecular weight excluding hydrogens is 220 g/mol. The fourth-order valence-electron chi connectivity index (χ4n) is 1.94. The van der Waals surface area contributed by atoms with Gasteiger partial charge in [0.05, 0.1) is 6.10 Å². The summed E-state index contributed by atoms with van der Waals surface area (Å²) in [5.74, 6) is -0.0611. The zero-order valence-electron chi connectivity index (χ0n) is 10.6. The molecule has 3 N–H and O–H groups in total. The molecular formula is C12H24N2O3. The van der Waals surface area contributed by atoms with Gasteiger partial charge in [-0.05, 0) is 45.7 Å². The van der Waals surface area contributed by atoms with Crippen molar-refractivity contribution in [1.82, 2.24) is 10.6 Å². The topological polar surface area (TPSA) is 70.6 Å².